The van der Waals surface area contributed by atoms with Crippen LogP contribution in [0.4, 0.5) is 25.8 Å². The third-order valence-electron chi connectivity index (χ3n) is 3.27. The van der Waals surface area contributed by atoms with E-state index in [1.54, 1.807) is 24.9 Å². The van der Waals surface area contributed by atoms with Gasteiger partial charge in [-0.1, -0.05) is 12.1 Å². The maximum atomic E-state index is 14.0. The smallest absolute Gasteiger partial charge is 0.147 e. The monoisotopic (exact) mass is 262 g/mol. The highest BCUT2D eigenvalue weighted by Gasteiger charge is 2.16. The number of nitrogens with two attached hydrogens (primary N) is 1. The van der Waals surface area contributed by atoms with Crippen LogP contribution in [0.15, 0.2) is 30.3 Å². The summed E-state index contributed by atoms with van der Waals surface area (Å²) in [7, 11) is 1.70. The number of aryl methyl sites for hydroxylation is 1. The zero-order chi connectivity index (χ0) is 14.2. The Labute approximate surface area is 111 Å². The molecule has 100 valence electrons. The lowest BCUT2D eigenvalue weighted by atomic mass is 10.1. The predicted molar refractivity (Wildman–Crippen MR) is 74.7 cm³/mol. The molecule has 0 spiro atoms. The Morgan fingerprint density at radius 3 is 2.42 bits per heavy atom. The molecule has 2 nitrogen and oxygen atoms in total. The Morgan fingerprint density at radius 1 is 1.11 bits per heavy atom. The van der Waals surface area contributed by atoms with E-state index in [4.69, 9.17) is 5.73 Å². The lowest BCUT2D eigenvalue weighted by molar-refractivity contribution is 0.622. The van der Waals surface area contributed by atoms with E-state index in [1.165, 1.54) is 18.2 Å². The molecule has 0 atom stereocenters. The molecule has 0 radical (unpaired) electrons. The average molecular weight is 262 g/mol. The first-order valence-electron chi connectivity index (χ1n) is 5.96. The van der Waals surface area contributed by atoms with Crippen LogP contribution >= 0.6 is 0 Å². The first-order chi connectivity index (χ1) is 8.91. The second-order valence-corrected chi connectivity index (χ2v) is 4.60. The minimum Gasteiger partial charge on any atom is -0.398 e. The number of anilines is 3. The zero-order valence-corrected chi connectivity index (χ0v) is 11.2. The van der Waals surface area contributed by atoms with Gasteiger partial charge in [-0.2, -0.15) is 0 Å². The van der Waals surface area contributed by atoms with Gasteiger partial charge in [0.2, 0.25) is 0 Å². The van der Waals surface area contributed by atoms with E-state index < -0.39 is 5.82 Å². The number of para-hydroxylation sites is 1. The maximum absolute atomic E-state index is 14.0. The standard InChI is InChI=1S/C15H16F2N2/c1-9-5-4-6-12(17)15(9)19(3)14-8-11(16)7-13(18)10(14)2/h4-8H,18H2,1-3H3. The van der Waals surface area contributed by atoms with Gasteiger partial charge in [0.25, 0.3) is 0 Å². The fraction of sp³-hybridized carbons (Fsp3) is 0.200. The molecule has 0 aliphatic carbocycles. The Hall–Kier alpha value is -2.10. The van der Waals surface area contributed by atoms with E-state index in [0.29, 0.717) is 17.1 Å². The summed E-state index contributed by atoms with van der Waals surface area (Å²) >= 11 is 0. The molecule has 0 amide bonds. The van der Waals surface area contributed by atoms with E-state index in [-0.39, 0.29) is 5.82 Å². The summed E-state index contributed by atoms with van der Waals surface area (Å²) in [5, 5.41) is 0. The van der Waals surface area contributed by atoms with Gasteiger partial charge in [-0.05, 0) is 43.2 Å². The van der Waals surface area contributed by atoms with Gasteiger partial charge in [-0.3, -0.25) is 0 Å². The number of rotatable bonds is 2. The number of nitrogen functional groups attached to an aromatic ring is 1. The van der Waals surface area contributed by atoms with Crippen LogP contribution in [0.3, 0.4) is 0 Å². The van der Waals surface area contributed by atoms with Crippen molar-refractivity contribution >= 4 is 17.1 Å². The highest BCUT2D eigenvalue weighted by atomic mass is 19.1. The van der Waals surface area contributed by atoms with Crippen LogP contribution in [-0.2, 0) is 0 Å². The number of halogens is 2. The summed E-state index contributed by atoms with van der Waals surface area (Å²) in [5.74, 6) is -0.774. The highest BCUT2D eigenvalue weighted by Crippen LogP contribution is 2.34. The molecule has 0 aliphatic rings. The van der Waals surface area contributed by atoms with Crippen LogP contribution in [-0.4, -0.2) is 7.05 Å². The Morgan fingerprint density at radius 2 is 1.79 bits per heavy atom. The summed E-state index contributed by atoms with van der Waals surface area (Å²) in [6, 6.07) is 7.47. The van der Waals surface area contributed by atoms with Gasteiger partial charge in [0, 0.05) is 18.4 Å². The predicted octanol–water partition coefficient (Wildman–Crippen LogP) is 3.93. The number of nitrogens with zero attached hydrogens (tertiary/aromatic N) is 1. The zero-order valence-electron chi connectivity index (χ0n) is 11.2. The van der Waals surface area contributed by atoms with Crippen LogP contribution in [0, 0.1) is 25.5 Å². The molecule has 0 saturated heterocycles. The van der Waals surface area contributed by atoms with Crippen molar-refractivity contribution in [3.8, 4) is 0 Å². The molecule has 4 heteroatoms. The van der Waals surface area contributed by atoms with E-state index >= 15 is 0 Å². The fourth-order valence-corrected chi connectivity index (χ4v) is 2.20. The first-order valence-corrected chi connectivity index (χ1v) is 5.96. The molecule has 2 aromatic rings. The lowest BCUT2D eigenvalue weighted by Crippen LogP contribution is -2.15. The second kappa shape index (κ2) is 4.88. The Bertz CT molecular complexity index is 604. The van der Waals surface area contributed by atoms with Gasteiger partial charge >= 0.3 is 0 Å². The second-order valence-electron chi connectivity index (χ2n) is 4.60. The Balaban J connectivity index is 2.59. The molecule has 2 rings (SSSR count). The van der Waals surface area contributed by atoms with E-state index in [2.05, 4.69) is 0 Å². The van der Waals surface area contributed by atoms with Gasteiger partial charge in [0.05, 0.1) is 5.69 Å². The van der Waals surface area contributed by atoms with Crippen molar-refractivity contribution < 1.29 is 8.78 Å². The van der Waals surface area contributed by atoms with Crippen LogP contribution in [0.25, 0.3) is 0 Å². The largest absolute Gasteiger partial charge is 0.398 e. The van der Waals surface area contributed by atoms with Crippen LogP contribution in [0.5, 0.6) is 0 Å². The van der Waals surface area contributed by atoms with Crippen molar-refractivity contribution in [3.05, 3.63) is 53.1 Å². The fourth-order valence-electron chi connectivity index (χ4n) is 2.20. The van der Waals surface area contributed by atoms with Crippen LogP contribution < -0.4 is 10.6 Å². The number of benzene rings is 2. The lowest BCUT2D eigenvalue weighted by Gasteiger charge is -2.24. The van der Waals surface area contributed by atoms with Gasteiger partial charge in [0.1, 0.15) is 11.6 Å². The third-order valence-corrected chi connectivity index (χ3v) is 3.27. The first kappa shape index (κ1) is 13.3. The van der Waals surface area contributed by atoms with Crippen molar-refractivity contribution in [2.75, 3.05) is 17.7 Å². The van der Waals surface area contributed by atoms with Crippen molar-refractivity contribution in [2.45, 2.75) is 13.8 Å². The van der Waals surface area contributed by atoms with Crippen molar-refractivity contribution in [1.29, 1.82) is 0 Å². The third kappa shape index (κ3) is 2.38. The highest BCUT2D eigenvalue weighted by molar-refractivity contribution is 5.73. The average Bonchev–Trinajstić information content (AvgIpc) is 2.33. The summed E-state index contributed by atoms with van der Waals surface area (Å²) in [5.41, 5.74) is 8.61. The molecule has 0 bridgehead atoms. The molecule has 19 heavy (non-hydrogen) atoms. The summed E-state index contributed by atoms with van der Waals surface area (Å²) < 4.78 is 27.4. The van der Waals surface area contributed by atoms with E-state index in [9.17, 15) is 8.78 Å². The number of hydrogen-bond acceptors (Lipinski definition) is 2. The summed E-state index contributed by atoms with van der Waals surface area (Å²) in [6.45, 7) is 3.60. The minimum atomic E-state index is -0.432. The van der Waals surface area contributed by atoms with Crippen LogP contribution in [0.1, 0.15) is 11.1 Å². The molecule has 0 aromatic heterocycles. The maximum Gasteiger partial charge on any atom is 0.147 e. The van der Waals surface area contributed by atoms with E-state index in [1.807, 2.05) is 13.0 Å². The molecule has 0 fully saturated rings. The molecule has 0 aliphatic heterocycles. The van der Waals surface area contributed by atoms with Gasteiger partial charge in [0.15, 0.2) is 0 Å². The molecule has 2 N–H and O–H groups in total. The van der Waals surface area contributed by atoms with Crippen molar-refractivity contribution in [1.82, 2.24) is 0 Å². The SMILES string of the molecule is Cc1cccc(F)c1N(C)c1cc(F)cc(N)c1C. The topological polar surface area (TPSA) is 29.3 Å². The summed E-state index contributed by atoms with van der Waals surface area (Å²) in [6.07, 6.45) is 0. The van der Waals surface area contributed by atoms with Gasteiger partial charge < -0.3 is 10.6 Å². The quantitative estimate of drug-likeness (QED) is 0.831. The summed E-state index contributed by atoms with van der Waals surface area (Å²) in [4.78, 5) is 1.62. The van der Waals surface area contributed by atoms with Gasteiger partial charge in [-0.25, -0.2) is 8.78 Å². The molecule has 0 saturated carbocycles. The van der Waals surface area contributed by atoms with Crippen molar-refractivity contribution in [2.24, 2.45) is 0 Å². The normalized spacial score (nSPS) is 10.6. The van der Waals surface area contributed by atoms with Crippen LogP contribution in [0.2, 0.25) is 0 Å². The number of hydrogen-bond donors (Lipinski definition) is 1. The minimum absolute atomic E-state index is 0.343. The molecule has 0 unspecified atom stereocenters. The molecular weight excluding hydrogens is 246 g/mol. The van der Waals surface area contributed by atoms with Gasteiger partial charge in [-0.15, -0.1) is 0 Å². The molecular formula is C15H16F2N2. The Kier molecular flexibility index (Phi) is 3.42. The van der Waals surface area contributed by atoms with Crippen molar-refractivity contribution in [3.63, 3.8) is 0 Å². The molecule has 2 aromatic carbocycles. The molecule has 0 heterocycles. The van der Waals surface area contributed by atoms with E-state index in [0.717, 1.165) is 11.1 Å².